The number of pyridine rings is 1. The van der Waals surface area contributed by atoms with Crippen molar-refractivity contribution in [2.45, 2.75) is 0 Å². The molecule has 0 bridgehead atoms. The van der Waals surface area contributed by atoms with Gasteiger partial charge >= 0.3 is 0 Å². The van der Waals surface area contributed by atoms with E-state index in [2.05, 4.69) is 15.6 Å². The van der Waals surface area contributed by atoms with Gasteiger partial charge in [-0.3, -0.25) is 14.6 Å². The number of nitrogens with one attached hydrogen (secondary N) is 2. The van der Waals surface area contributed by atoms with E-state index in [1.54, 1.807) is 30.3 Å². The highest BCUT2D eigenvalue weighted by atomic mass is 35.5. The average Bonchev–Trinajstić information content (AvgIpc) is 2.63. The minimum absolute atomic E-state index is 0.0526. The molecule has 5 nitrogen and oxygen atoms in total. The first-order chi connectivity index (χ1) is 12.5. The molecule has 2 N–H and O–H groups in total. The second-order valence-corrected chi connectivity index (χ2v) is 5.74. The maximum absolute atomic E-state index is 13.2. The predicted octanol–water partition coefficient (Wildman–Crippen LogP) is 4.38. The van der Waals surface area contributed by atoms with Crippen molar-refractivity contribution in [1.82, 2.24) is 4.98 Å². The third kappa shape index (κ3) is 4.23. The van der Waals surface area contributed by atoms with E-state index in [1.807, 2.05) is 0 Å². The molecule has 1 heterocycles. The molecule has 0 aliphatic carbocycles. The minimum atomic E-state index is -0.501. The van der Waals surface area contributed by atoms with E-state index >= 15 is 0 Å². The fraction of sp³-hybridized carbons (Fsp3) is 0. The van der Waals surface area contributed by atoms with Crippen LogP contribution >= 0.6 is 11.6 Å². The summed E-state index contributed by atoms with van der Waals surface area (Å²) in [5.41, 5.74) is 1.02. The number of aromatic nitrogens is 1. The van der Waals surface area contributed by atoms with Gasteiger partial charge in [0.1, 0.15) is 11.5 Å². The number of benzene rings is 2. The van der Waals surface area contributed by atoms with Crippen LogP contribution in [0.1, 0.15) is 20.8 Å². The van der Waals surface area contributed by atoms with E-state index in [-0.39, 0.29) is 11.3 Å². The molecule has 1 aromatic heterocycles. The number of amides is 2. The summed E-state index contributed by atoms with van der Waals surface area (Å²) in [5, 5.41) is 5.59. The van der Waals surface area contributed by atoms with Crippen LogP contribution in [0.5, 0.6) is 0 Å². The summed E-state index contributed by atoms with van der Waals surface area (Å²) >= 11 is 6.01. The van der Waals surface area contributed by atoms with Crippen molar-refractivity contribution in [1.29, 1.82) is 0 Å². The van der Waals surface area contributed by atoms with Crippen LogP contribution in [0.25, 0.3) is 0 Å². The Morgan fingerprint density at radius 2 is 1.73 bits per heavy atom. The topological polar surface area (TPSA) is 71.1 Å². The van der Waals surface area contributed by atoms with Crippen molar-refractivity contribution >= 4 is 34.8 Å². The van der Waals surface area contributed by atoms with Crippen LogP contribution < -0.4 is 10.6 Å². The molecule has 2 amide bonds. The van der Waals surface area contributed by atoms with Crippen LogP contribution in [-0.4, -0.2) is 16.8 Å². The van der Waals surface area contributed by atoms with E-state index in [4.69, 9.17) is 11.6 Å². The molecule has 0 aliphatic rings. The number of nitrogens with zero attached hydrogens (tertiary/aromatic N) is 1. The zero-order valence-electron chi connectivity index (χ0n) is 13.4. The Morgan fingerprint density at radius 3 is 2.50 bits per heavy atom. The lowest BCUT2D eigenvalue weighted by Crippen LogP contribution is -2.17. The number of hydrogen-bond acceptors (Lipinski definition) is 3. The standard InChI is InChI=1S/C19H13ClFN3O2/c20-15-6-1-2-7-16(15)24-19(26)17-10-12(8-9-22-17)18(25)23-14-5-3-4-13(21)11-14/h1-11H,(H,23,25)(H,24,26). The van der Waals surface area contributed by atoms with Gasteiger partial charge in [0.05, 0.1) is 10.7 Å². The van der Waals surface area contributed by atoms with Crippen molar-refractivity contribution in [2.75, 3.05) is 10.6 Å². The molecule has 0 saturated heterocycles. The second-order valence-electron chi connectivity index (χ2n) is 5.33. The van der Waals surface area contributed by atoms with Gasteiger partial charge in [0, 0.05) is 17.4 Å². The maximum Gasteiger partial charge on any atom is 0.274 e. The van der Waals surface area contributed by atoms with Crippen LogP contribution in [0.4, 0.5) is 15.8 Å². The number of rotatable bonds is 4. The molecular weight excluding hydrogens is 357 g/mol. The molecule has 3 aromatic rings. The summed E-state index contributed by atoms with van der Waals surface area (Å²) in [6.45, 7) is 0. The summed E-state index contributed by atoms with van der Waals surface area (Å²) in [4.78, 5) is 28.6. The molecule has 7 heteroatoms. The molecule has 3 rings (SSSR count). The zero-order chi connectivity index (χ0) is 18.5. The fourth-order valence-corrected chi connectivity index (χ4v) is 2.40. The molecule has 2 aromatic carbocycles. The van der Waals surface area contributed by atoms with E-state index < -0.39 is 17.6 Å². The molecule has 0 unspecified atom stereocenters. The normalized spacial score (nSPS) is 10.2. The summed E-state index contributed by atoms with van der Waals surface area (Å²) in [5.74, 6) is -1.44. The van der Waals surface area contributed by atoms with E-state index in [0.29, 0.717) is 16.4 Å². The Kier molecular flexibility index (Phi) is 5.24. The van der Waals surface area contributed by atoms with Gasteiger partial charge in [0.2, 0.25) is 0 Å². The fourth-order valence-electron chi connectivity index (χ4n) is 2.21. The van der Waals surface area contributed by atoms with E-state index in [1.165, 1.54) is 36.5 Å². The molecule has 0 aliphatic heterocycles. The van der Waals surface area contributed by atoms with Crippen LogP contribution in [-0.2, 0) is 0 Å². The Balaban J connectivity index is 1.76. The number of carbonyl (C=O) groups is 2. The number of halogens is 2. The monoisotopic (exact) mass is 369 g/mol. The summed E-state index contributed by atoms with van der Waals surface area (Å²) in [7, 11) is 0. The van der Waals surface area contributed by atoms with Crippen molar-refractivity contribution in [3.8, 4) is 0 Å². The quantitative estimate of drug-likeness (QED) is 0.717. The Labute approximate surface area is 153 Å². The molecule has 130 valence electrons. The lowest BCUT2D eigenvalue weighted by atomic mass is 10.2. The lowest BCUT2D eigenvalue weighted by Gasteiger charge is -2.08. The maximum atomic E-state index is 13.2. The van der Waals surface area contributed by atoms with Crippen molar-refractivity contribution in [2.24, 2.45) is 0 Å². The first-order valence-corrected chi connectivity index (χ1v) is 7.99. The average molecular weight is 370 g/mol. The number of para-hydroxylation sites is 1. The Bertz CT molecular complexity index is 978. The van der Waals surface area contributed by atoms with Crippen molar-refractivity contribution in [3.63, 3.8) is 0 Å². The lowest BCUT2D eigenvalue weighted by molar-refractivity contribution is 0.102. The second kappa shape index (κ2) is 7.76. The van der Waals surface area contributed by atoms with Gasteiger partial charge in [-0.25, -0.2) is 4.39 Å². The predicted molar refractivity (Wildman–Crippen MR) is 98.0 cm³/mol. The van der Waals surface area contributed by atoms with Crippen LogP contribution in [0, 0.1) is 5.82 Å². The van der Waals surface area contributed by atoms with Gasteiger partial charge in [-0.05, 0) is 42.5 Å². The molecule has 0 atom stereocenters. The van der Waals surface area contributed by atoms with Crippen molar-refractivity contribution in [3.05, 3.63) is 89.0 Å². The van der Waals surface area contributed by atoms with E-state index in [0.717, 1.165) is 0 Å². The third-order valence-electron chi connectivity index (χ3n) is 3.46. The van der Waals surface area contributed by atoms with Gasteiger partial charge in [0.15, 0.2) is 0 Å². The van der Waals surface area contributed by atoms with Gasteiger partial charge in [-0.1, -0.05) is 29.8 Å². The smallest absolute Gasteiger partial charge is 0.274 e. The van der Waals surface area contributed by atoms with Gasteiger partial charge in [0.25, 0.3) is 11.8 Å². The first kappa shape index (κ1) is 17.6. The Morgan fingerprint density at radius 1 is 0.923 bits per heavy atom. The summed E-state index contributed by atoms with van der Waals surface area (Å²) in [6, 6.07) is 15.1. The number of carbonyl (C=O) groups excluding carboxylic acids is 2. The Hall–Kier alpha value is -3.25. The molecule has 26 heavy (non-hydrogen) atoms. The largest absolute Gasteiger partial charge is 0.322 e. The number of hydrogen-bond donors (Lipinski definition) is 2. The summed E-state index contributed by atoms with van der Waals surface area (Å²) < 4.78 is 13.2. The van der Waals surface area contributed by atoms with Crippen molar-refractivity contribution < 1.29 is 14.0 Å². The van der Waals surface area contributed by atoms with Gasteiger partial charge < -0.3 is 10.6 Å². The number of anilines is 2. The molecule has 0 fully saturated rings. The SMILES string of the molecule is O=C(Nc1cccc(F)c1)c1ccnc(C(=O)Nc2ccccc2Cl)c1. The van der Waals surface area contributed by atoms with Gasteiger partial charge in [-0.15, -0.1) is 0 Å². The molecule has 0 radical (unpaired) electrons. The van der Waals surface area contributed by atoms with Crippen LogP contribution in [0.3, 0.4) is 0 Å². The molecule has 0 saturated carbocycles. The molecule has 0 spiro atoms. The first-order valence-electron chi connectivity index (χ1n) is 7.62. The van der Waals surface area contributed by atoms with E-state index in [9.17, 15) is 14.0 Å². The van der Waals surface area contributed by atoms with Crippen LogP contribution in [0.2, 0.25) is 5.02 Å². The third-order valence-corrected chi connectivity index (χ3v) is 3.79. The highest BCUT2D eigenvalue weighted by Crippen LogP contribution is 2.21. The van der Waals surface area contributed by atoms with Crippen LogP contribution in [0.15, 0.2) is 66.9 Å². The highest BCUT2D eigenvalue weighted by molar-refractivity contribution is 6.33. The van der Waals surface area contributed by atoms with Gasteiger partial charge in [-0.2, -0.15) is 0 Å². The zero-order valence-corrected chi connectivity index (χ0v) is 14.1. The molecular formula is C19H13ClFN3O2. The highest BCUT2D eigenvalue weighted by Gasteiger charge is 2.13. The summed E-state index contributed by atoms with van der Waals surface area (Å²) in [6.07, 6.45) is 1.35. The minimum Gasteiger partial charge on any atom is -0.322 e.